The van der Waals surface area contributed by atoms with E-state index in [9.17, 15) is 13.2 Å². The fourth-order valence-corrected chi connectivity index (χ4v) is 3.21. The zero-order chi connectivity index (χ0) is 18.7. The fraction of sp³-hybridized carbons (Fsp3) is 0.500. The van der Waals surface area contributed by atoms with Gasteiger partial charge in [-0.2, -0.15) is 18.2 Å². The highest BCUT2D eigenvalue weighted by atomic mass is 19.4. The Hall–Kier alpha value is -2.65. The van der Waals surface area contributed by atoms with Gasteiger partial charge in [0.15, 0.2) is 0 Å². The topological polar surface area (TPSA) is 92.9 Å². The lowest BCUT2D eigenvalue weighted by atomic mass is 9.96. The highest BCUT2D eigenvalue weighted by molar-refractivity contribution is 5.73. The second kappa shape index (κ2) is 7.30. The van der Waals surface area contributed by atoms with Crippen LogP contribution in [0.15, 0.2) is 31.0 Å². The smallest absolute Gasteiger partial charge is 0.475 e. The SMILES string of the molecule is O=C(O)C(F)(F)F.c1cn(-c2ccnc(NC3CCCC4CC43)n2)cn1. The average Bonchev–Trinajstić information content (AvgIpc) is 3.19. The minimum atomic E-state index is -5.08. The zero-order valence-corrected chi connectivity index (χ0v) is 13.7. The highest BCUT2D eigenvalue weighted by Gasteiger charge is 2.45. The number of hydrogen-bond donors (Lipinski definition) is 2. The highest BCUT2D eigenvalue weighted by Crippen LogP contribution is 2.50. The van der Waals surface area contributed by atoms with Gasteiger partial charge in [0.05, 0.1) is 0 Å². The van der Waals surface area contributed by atoms with Crippen molar-refractivity contribution < 1.29 is 23.1 Å². The molecule has 3 unspecified atom stereocenters. The van der Waals surface area contributed by atoms with E-state index in [4.69, 9.17) is 9.90 Å². The van der Waals surface area contributed by atoms with Crippen molar-refractivity contribution in [2.45, 2.75) is 37.9 Å². The average molecular weight is 369 g/mol. The summed E-state index contributed by atoms with van der Waals surface area (Å²) in [5.41, 5.74) is 0. The van der Waals surface area contributed by atoms with Crippen molar-refractivity contribution in [1.29, 1.82) is 0 Å². The van der Waals surface area contributed by atoms with Crippen LogP contribution in [0, 0.1) is 11.8 Å². The predicted octanol–water partition coefficient (Wildman–Crippen LogP) is 2.90. The van der Waals surface area contributed by atoms with E-state index in [2.05, 4.69) is 20.3 Å². The lowest BCUT2D eigenvalue weighted by Gasteiger charge is -2.22. The summed E-state index contributed by atoms with van der Waals surface area (Å²) in [7, 11) is 0. The molecule has 0 aliphatic heterocycles. The van der Waals surface area contributed by atoms with Gasteiger partial charge in [-0.25, -0.2) is 14.8 Å². The number of carboxylic acid groups (broad SMARTS) is 1. The third-order valence-electron chi connectivity index (χ3n) is 4.55. The van der Waals surface area contributed by atoms with E-state index >= 15 is 0 Å². The number of carbonyl (C=O) groups is 1. The maximum absolute atomic E-state index is 10.6. The Kier molecular flexibility index (Phi) is 5.10. The molecule has 2 fully saturated rings. The molecule has 0 amide bonds. The first kappa shape index (κ1) is 18.2. The van der Waals surface area contributed by atoms with Gasteiger partial charge in [0.25, 0.3) is 0 Å². The summed E-state index contributed by atoms with van der Waals surface area (Å²) in [5, 5.41) is 10.6. The Bertz CT molecular complexity index is 751. The maximum Gasteiger partial charge on any atom is 0.490 e. The minimum absolute atomic E-state index is 0.566. The lowest BCUT2D eigenvalue weighted by Crippen LogP contribution is -2.26. The number of hydrogen-bond acceptors (Lipinski definition) is 5. The van der Waals surface area contributed by atoms with E-state index in [1.807, 2.05) is 16.8 Å². The van der Waals surface area contributed by atoms with Gasteiger partial charge < -0.3 is 10.4 Å². The predicted molar refractivity (Wildman–Crippen MR) is 85.7 cm³/mol. The normalized spacial score (nSPS) is 24.0. The Balaban J connectivity index is 0.000000242. The molecule has 7 nitrogen and oxygen atoms in total. The number of rotatable bonds is 3. The third-order valence-corrected chi connectivity index (χ3v) is 4.55. The molecule has 140 valence electrons. The van der Waals surface area contributed by atoms with E-state index in [1.54, 1.807) is 18.7 Å². The van der Waals surface area contributed by atoms with Crippen LogP contribution < -0.4 is 5.32 Å². The molecule has 26 heavy (non-hydrogen) atoms. The van der Waals surface area contributed by atoms with Gasteiger partial charge in [-0.05, 0) is 30.7 Å². The fourth-order valence-electron chi connectivity index (χ4n) is 3.21. The summed E-state index contributed by atoms with van der Waals surface area (Å²) >= 11 is 0. The van der Waals surface area contributed by atoms with Crippen LogP contribution in [-0.4, -0.2) is 42.8 Å². The maximum atomic E-state index is 10.6. The van der Waals surface area contributed by atoms with E-state index in [0.717, 1.165) is 23.6 Å². The van der Waals surface area contributed by atoms with Crippen LogP contribution in [0.1, 0.15) is 25.7 Å². The molecule has 2 N–H and O–H groups in total. The summed E-state index contributed by atoms with van der Waals surface area (Å²) in [4.78, 5) is 21.8. The Morgan fingerprint density at radius 1 is 1.31 bits per heavy atom. The van der Waals surface area contributed by atoms with Crippen LogP contribution in [-0.2, 0) is 4.79 Å². The number of anilines is 1. The Morgan fingerprint density at radius 3 is 2.73 bits per heavy atom. The van der Waals surface area contributed by atoms with Crippen molar-refractivity contribution in [3.8, 4) is 5.82 Å². The van der Waals surface area contributed by atoms with E-state index in [0.29, 0.717) is 6.04 Å². The summed E-state index contributed by atoms with van der Waals surface area (Å²) in [6, 6.07) is 2.46. The van der Waals surface area contributed by atoms with Gasteiger partial charge in [0, 0.05) is 24.6 Å². The molecule has 2 aromatic rings. The van der Waals surface area contributed by atoms with Crippen molar-refractivity contribution in [1.82, 2.24) is 19.5 Å². The lowest BCUT2D eigenvalue weighted by molar-refractivity contribution is -0.192. The molecule has 0 radical (unpaired) electrons. The van der Waals surface area contributed by atoms with Crippen molar-refractivity contribution in [3.63, 3.8) is 0 Å². The van der Waals surface area contributed by atoms with Crippen molar-refractivity contribution in [3.05, 3.63) is 31.0 Å². The number of fused-ring (bicyclic) bond motifs is 1. The largest absolute Gasteiger partial charge is 0.490 e. The first-order valence-electron chi connectivity index (χ1n) is 8.22. The molecule has 2 aliphatic rings. The van der Waals surface area contributed by atoms with Gasteiger partial charge in [0.2, 0.25) is 5.95 Å². The summed E-state index contributed by atoms with van der Waals surface area (Å²) in [5.74, 6) is 0.659. The number of alkyl halides is 3. The molecular formula is C16H18F3N5O2. The first-order chi connectivity index (χ1) is 12.3. The number of carboxylic acids is 1. The Labute approximate surface area is 147 Å². The summed E-state index contributed by atoms with van der Waals surface area (Å²) in [6.07, 6.45) is 7.51. The summed E-state index contributed by atoms with van der Waals surface area (Å²) in [6.45, 7) is 0. The molecule has 0 aromatic carbocycles. The summed E-state index contributed by atoms with van der Waals surface area (Å²) < 4.78 is 33.6. The van der Waals surface area contributed by atoms with Crippen molar-refractivity contribution in [2.24, 2.45) is 11.8 Å². The molecule has 10 heteroatoms. The number of imidazole rings is 1. The molecule has 0 spiro atoms. The van der Waals surface area contributed by atoms with Gasteiger partial charge in [-0.1, -0.05) is 12.8 Å². The van der Waals surface area contributed by atoms with Gasteiger partial charge in [-0.15, -0.1) is 0 Å². The van der Waals surface area contributed by atoms with E-state index in [1.165, 1.54) is 25.7 Å². The molecule has 3 atom stereocenters. The minimum Gasteiger partial charge on any atom is -0.475 e. The van der Waals surface area contributed by atoms with Gasteiger partial charge in [-0.3, -0.25) is 4.57 Å². The number of nitrogens with zero attached hydrogens (tertiary/aromatic N) is 4. The molecule has 0 saturated heterocycles. The molecule has 0 bridgehead atoms. The van der Waals surface area contributed by atoms with Crippen LogP contribution in [0.4, 0.5) is 19.1 Å². The molecule has 2 aromatic heterocycles. The van der Waals surface area contributed by atoms with Crippen LogP contribution >= 0.6 is 0 Å². The molecule has 2 heterocycles. The first-order valence-corrected chi connectivity index (χ1v) is 8.22. The number of aromatic nitrogens is 4. The van der Waals surface area contributed by atoms with Crippen LogP contribution in [0.5, 0.6) is 0 Å². The van der Waals surface area contributed by atoms with Crippen LogP contribution in [0.25, 0.3) is 5.82 Å². The third kappa shape index (κ3) is 4.50. The van der Waals surface area contributed by atoms with Crippen molar-refractivity contribution >= 4 is 11.9 Å². The number of halogens is 3. The van der Waals surface area contributed by atoms with E-state index < -0.39 is 12.1 Å². The molecular weight excluding hydrogens is 351 g/mol. The molecule has 2 aliphatic carbocycles. The van der Waals surface area contributed by atoms with Crippen molar-refractivity contribution in [2.75, 3.05) is 5.32 Å². The van der Waals surface area contributed by atoms with Crippen LogP contribution in [0.3, 0.4) is 0 Å². The monoisotopic (exact) mass is 369 g/mol. The van der Waals surface area contributed by atoms with Gasteiger partial charge in [0.1, 0.15) is 12.1 Å². The second-order valence-corrected chi connectivity index (χ2v) is 6.35. The molecule has 2 saturated carbocycles. The second-order valence-electron chi connectivity index (χ2n) is 6.35. The number of nitrogens with one attached hydrogen (secondary N) is 1. The quantitative estimate of drug-likeness (QED) is 0.864. The van der Waals surface area contributed by atoms with E-state index in [-0.39, 0.29) is 0 Å². The zero-order valence-electron chi connectivity index (χ0n) is 13.7. The Morgan fingerprint density at radius 2 is 2.08 bits per heavy atom. The van der Waals surface area contributed by atoms with Gasteiger partial charge >= 0.3 is 12.1 Å². The van der Waals surface area contributed by atoms with Crippen LogP contribution in [0.2, 0.25) is 0 Å². The standard InChI is InChI=1S/C14H17N5.C2HF3O2/c1-2-10-8-11(10)12(3-1)17-14-16-5-4-13(18-14)19-7-6-15-9-19;3-2(4,5)1(6)7/h4-7,9-12H,1-3,8H2,(H,16,17,18);(H,6,7). The molecule has 4 rings (SSSR count). The number of aliphatic carboxylic acids is 1.